The van der Waals surface area contributed by atoms with E-state index in [-0.39, 0.29) is 38.9 Å². The number of unbranched alkanes of at least 4 members (excludes halogenated alkanes) is 2. The summed E-state index contributed by atoms with van der Waals surface area (Å²) in [5.74, 6) is -1.39. The molecular weight excluding hydrogens is 584 g/mol. The zero-order chi connectivity index (χ0) is 32.6. The monoisotopic (exact) mass is 618 g/mol. The van der Waals surface area contributed by atoms with Gasteiger partial charge in [0.25, 0.3) is 0 Å². The minimum atomic E-state index is -1.67. The quantitative estimate of drug-likeness (QED) is 0.0586. The van der Waals surface area contributed by atoms with Crippen LogP contribution in [-0.4, -0.2) is 11.9 Å². The molecule has 0 aliphatic carbocycles. The number of nitriles is 2. The largest absolute Gasteiger partial charge is 0.460 e. The number of carbonyl (C=O) groups excluding carboxylic acids is 2. The molecule has 0 radical (unpaired) electrons. The van der Waals surface area contributed by atoms with Crippen molar-refractivity contribution >= 4 is 55.0 Å². The molecule has 6 rings (SSSR count). The van der Waals surface area contributed by atoms with Crippen molar-refractivity contribution < 1.29 is 19.1 Å². The Balaban J connectivity index is 1.35. The van der Waals surface area contributed by atoms with E-state index in [0.29, 0.717) is 12.8 Å². The number of fused-ring (bicyclic) bond motifs is 4. The number of hydrogen-bond acceptors (Lipinski definition) is 6. The summed E-state index contributed by atoms with van der Waals surface area (Å²) in [5.41, 5.74) is 0.0327. The molecule has 0 aliphatic heterocycles. The average Bonchev–Trinajstić information content (AvgIpc) is 3.11. The number of benzene rings is 6. The molecule has 0 N–H and O–H groups in total. The van der Waals surface area contributed by atoms with Crippen LogP contribution in [0, 0.1) is 28.1 Å². The van der Waals surface area contributed by atoms with E-state index in [1.54, 1.807) is 0 Å². The van der Waals surface area contributed by atoms with Gasteiger partial charge in [0.05, 0.1) is 12.1 Å². The lowest BCUT2D eigenvalue weighted by Gasteiger charge is -2.29. The van der Waals surface area contributed by atoms with Gasteiger partial charge in [0, 0.05) is 24.0 Å². The molecule has 0 fully saturated rings. The molecule has 6 nitrogen and oxygen atoms in total. The fourth-order valence-electron chi connectivity index (χ4n) is 6.63. The van der Waals surface area contributed by atoms with Crippen molar-refractivity contribution in [1.82, 2.24) is 0 Å². The fraction of sp³-hybridized carbons (Fsp3) is 0.220. The molecule has 0 heterocycles. The average molecular weight is 619 g/mol. The number of hydrogen-bond donors (Lipinski definition) is 0. The third-order valence-electron chi connectivity index (χ3n) is 9.03. The van der Waals surface area contributed by atoms with Crippen molar-refractivity contribution in [3.63, 3.8) is 0 Å². The standard InChI is InChI=1S/C41H34N2O4/c42-23-11-9-21-41(22-10-12-24-43,39(44)46-27-37-33-17-5-1-13-29(33)25-30-14-2-6-18-34(30)37)40(45)47-28-38-35-19-7-3-15-31(35)26-32-16-4-8-20-36(32)38/h1-8,13-20,25-26H,9-12,21-22,27-28H2. The molecule has 6 aromatic rings. The number of rotatable bonds is 12. The summed E-state index contributed by atoms with van der Waals surface area (Å²) < 4.78 is 12.2. The maximum Gasteiger partial charge on any atom is 0.323 e. The third-order valence-corrected chi connectivity index (χ3v) is 9.03. The van der Waals surface area contributed by atoms with Gasteiger partial charge in [-0.2, -0.15) is 10.5 Å². The van der Waals surface area contributed by atoms with Crippen LogP contribution >= 0.6 is 0 Å². The normalized spacial score (nSPS) is 11.4. The van der Waals surface area contributed by atoms with Crippen molar-refractivity contribution in [1.29, 1.82) is 10.5 Å². The van der Waals surface area contributed by atoms with E-state index >= 15 is 0 Å². The number of ether oxygens (including phenoxy) is 2. The molecule has 0 saturated carbocycles. The molecule has 0 saturated heterocycles. The number of esters is 2. The van der Waals surface area contributed by atoms with Gasteiger partial charge in [-0.15, -0.1) is 0 Å². The van der Waals surface area contributed by atoms with E-state index in [2.05, 4.69) is 24.3 Å². The van der Waals surface area contributed by atoms with Crippen LogP contribution < -0.4 is 0 Å². The molecule has 0 spiro atoms. The molecule has 0 amide bonds. The second kappa shape index (κ2) is 14.1. The van der Waals surface area contributed by atoms with Crippen LogP contribution in [0.3, 0.4) is 0 Å². The van der Waals surface area contributed by atoms with E-state index < -0.39 is 17.4 Å². The lowest BCUT2D eigenvalue weighted by molar-refractivity contribution is -0.175. The lowest BCUT2D eigenvalue weighted by Crippen LogP contribution is -2.42. The van der Waals surface area contributed by atoms with Crippen molar-refractivity contribution in [2.75, 3.05) is 0 Å². The van der Waals surface area contributed by atoms with Gasteiger partial charge in [0.15, 0.2) is 5.41 Å². The van der Waals surface area contributed by atoms with Crippen LogP contribution in [0.15, 0.2) is 109 Å². The minimum absolute atomic E-state index is 0.0415. The lowest BCUT2D eigenvalue weighted by atomic mass is 9.78. The first-order valence-corrected chi connectivity index (χ1v) is 15.9. The first kappa shape index (κ1) is 31.3. The highest BCUT2D eigenvalue weighted by molar-refractivity contribution is 6.04. The second-order valence-corrected chi connectivity index (χ2v) is 11.9. The zero-order valence-electron chi connectivity index (χ0n) is 26.1. The van der Waals surface area contributed by atoms with Crippen LogP contribution in [0.1, 0.15) is 49.7 Å². The Morgan fingerprint density at radius 1 is 0.532 bits per heavy atom. The van der Waals surface area contributed by atoms with E-state index in [9.17, 15) is 20.1 Å². The van der Waals surface area contributed by atoms with Crippen LogP contribution in [0.5, 0.6) is 0 Å². The topological polar surface area (TPSA) is 100 Å². The van der Waals surface area contributed by atoms with Gasteiger partial charge in [0.1, 0.15) is 13.2 Å². The maximum absolute atomic E-state index is 14.3. The van der Waals surface area contributed by atoms with Crippen molar-refractivity contribution in [2.24, 2.45) is 5.41 Å². The Morgan fingerprint density at radius 2 is 0.851 bits per heavy atom. The molecule has 0 atom stereocenters. The maximum atomic E-state index is 14.3. The van der Waals surface area contributed by atoms with Crippen molar-refractivity contribution in [3.8, 4) is 12.1 Å². The third kappa shape index (κ3) is 6.37. The second-order valence-electron chi connectivity index (χ2n) is 11.9. The Bertz CT molecular complexity index is 1930. The Hall–Kier alpha value is -5.72. The molecular formula is C41H34N2O4. The first-order valence-electron chi connectivity index (χ1n) is 15.9. The number of carbonyl (C=O) groups is 2. The minimum Gasteiger partial charge on any atom is -0.460 e. The molecule has 0 unspecified atom stereocenters. The molecule has 232 valence electrons. The van der Waals surface area contributed by atoms with Gasteiger partial charge in [-0.25, -0.2) is 0 Å². The van der Waals surface area contributed by atoms with Gasteiger partial charge >= 0.3 is 11.9 Å². The number of nitrogens with zero attached hydrogens (tertiary/aromatic N) is 2. The van der Waals surface area contributed by atoms with Gasteiger partial charge in [-0.05, 0) is 80.9 Å². The van der Waals surface area contributed by atoms with Crippen LogP contribution in [0.25, 0.3) is 43.1 Å². The van der Waals surface area contributed by atoms with E-state index in [0.717, 1.165) is 54.2 Å². The molecule has 0 bridgehead atoms. The SMILES string of the molecule is N#CCCCC(CCCC#N)(C(=O)OCc1c2ccccc2cc2ccccc12)C(=O)OCc1c2ccccc2cc2ccccc12. The predicted octanol–water partition coefficient (Wildman–Crippen LogP) is 9.46. The van der Waals surface area contributed by atoms with E-state index in [1.807, 2.05) is 97.1 Å². The predicted molar refractivity (Wildman–Crippen MR) is 184 cm³/mol. The van der Waals surface area contributed by atoms with Crippen LogP contribution in [0.4, 0.5) is 0 Å². The summed E-state index contributed by atoms with van der Waals surface area (Å²) in [6.45, 7) is -0.0830. The first-order chi connectivity index (χ1) is 23.1. The van der Waals surface area contributed by atoms with Crippen LogP contribution in [0.2, 0.25) is 0 Å². The molecule has 47 heavy (non-hydrogen) atoms. The Labute approximate surface area is 273 Å². The summed E-state index contributed by atoms with van der Waals surface area (Å²) in [6.07, 6.45) is 1.11. The Kier molecular flexibility index (Phi) is 9.41. The van der Waals surface area contributed by atoms with Gasteiger partial charge in [0.2, 0.25) is 0 Å². The van der Waals surface area contributed by atoms with E-state index in [4.69, 9.17) is 9.47 Å². The van der Waals surface area contributed by atoms with Crippen molar-refractivity contribution in [2.45, 2.75) is 51.7 Å². The highest BCUT2D eigenvalue weighted by atomic mass is 16.6. The van der Waals surface area contributed by atoms with Crippen molar-refractivity contribution in [3.05, 3.63) is 120 Å². The zero-order valence-corrected chi connectivity index (χ0v) is 26.1. The molecule has 6 heteroatoms. The molecule has 0 aliphatic rings. The molecule has 0 aromatic heterocycles. The summed E-state index contributed by atoms with van der Waals surface area (Å²) in [4.78, 5) is 28.6. The van der Waals surface area contributed by atoms with Gasteiger partial charge in [-0.1, -0.05) is 97.1 Å². The summed E-state index contributed by atoms with van der Waals surface area (Å²) >= 11 is 0. The summed E-state index contributed by atoms with van der Waals surface area (Å²) in [7, 11) is 0. The van der Waals surface area contributed by atoms with Gasteiger partial charge < -0.3 is 9.47 Å². The fourth-order valence-corrected chi connectivity index (χ4v) is 6.63. The molecule has 6 aromatic carbocycles. The highest BCUT2D eigenvalue weighted by Gasteiger charge is 2.48. The van der Waals surface area contributed by atoms with Gasteiger partial charge in [-0.3, -0.25) is 9.59 Å². The Morgan fingerprint density at radius 3 is 1.17 bits per heavy atom. The smallest absolute Gasteiger partial charge is 0.323 e. The summed E-state index contributed by atoms with van der Waals surface area (Å²) in [5, 5.41) is 26.6. The highest BCUT2D eigenvalue weighted by Crippen LogP contribution is 2.37. The van der Waals surface area contributed by atoms with Crippen LogP contribution in [-0.2, 0) is 32.3 Å². The van der Waals surface area contributed by atoms with E-state index in [1.165, 1.54) is 0 Å². The summed E-state index contributed by atoms with van der Waals surface area (Å²) in [6, 6.07) is 40.2.